The number of ketones is 1. The van der Waals surface area contributed by atoms with Crippen LogP contribution in [0.3, 0.4) is 0 Å². The monoisotopic (exact) mass is 299 g/mol. The van der Waals surface area contributed by atoms with E-state index in [4.69, 9.17) is 16.7 Å². The molecule has 0 aliphatic heterocycles. The predicted octanol–water partition coefficient (Wildman–Crippen LogP) is 3.53. The Bertz CT molecular complexity index is 850. The van der Waals surface area contributed by atoms with E-state index in [9.17, 15) is 9.59 Å². The van der Waals surface area contributed by atoms with Crippen LogP contribution in [0.4, 0.5) is 0 Å². The van der Waals surface area contributed by atoms with Gasteiger partial charge in [-0.15, -0.1) is 0 Å². The van der Waals surface area contributed by atoms with Crippen molar-refractivity contribution >= 4 is 28.9 Å². The maximum atomic E-state index is 12.0. The molecule has 0 aliphatic rings. The molecule has 0 spiro atoms. The number of rotatable bonds is 3. The quantitative estimate of drug-likeness (QED) is 0.594. The van der Waals surface area contributed by atoms with Crippen LogP contribution in [0.1, 0.15) is 10.5 Å². The number of benzene rings is 1. The van der Waals surface area contributed by atoms with Crippen LogP contribution < -0.4 is 0 Å². The standard InChI is InChI=1S/C16H10ClNO3/c17-11-6-4-10(5-7-11)13-9-12-3-1-2-8-18(12)14(13)15(19)16(20)21/h1-9H,(H,20,21). The molecule has 3 aromatic rings. The first kappa shape index (κ1) is 13.4. The molecule has 0 aliphatic carbocycles. The lowest BCUT2D eigenvalue weighted by Crippen LogP contribution is -2.15. The fourth-order valence-corrected chi connectivity index (χ4v) is 2.43. The van der Waals surface area contributed by atoms with Gasteiger partial charge in [-0.05, 0) is 35.9 Å². The summed E-state index contributed by atoms with van der Waals surface area (Å²) in [6.07, 6.45) is 1.67. The minimum Gasteiger partial charge on any atom is -0.475 e. The van der Waals surface area contributed by atoms with Crippen molar-refractivity contribution in [1.29, 1.82) is 0 Å². The first-order chi connectivity index (χ1) is 10.1. The van der Waals surface area contributed by atoms with Gasteiger partial charge in [0.2, 0.25) is 0 Å². The summed E-state index contributed by atoms with van der Waals surface area (Å²) in [6, 6.07) is 14.1. The Labute approximate surface area is 125 Å². The number of hydrogen-bond acceptors (Lipinski definition) is 2. The number of nitrogens with zero attached hydrogens (tertiary/aromatic N) is 1. The number of Topliss-reactive ketones (excluding diaryl/α,β-unsaturated/α-hetero) is 1. The lowest BCUT2D eigenvalue weighted by Gasteiger charge is -2.04. The Morgan fingerprint density at radius 1 is 1.05 bits per heavy atom. The molecule has 0 amide bonds. The highest BCUT2D eigenvalue weighted by atomic mass is 35.5. The van der Waals surface area contributed by atoms with Crippen molar-refractivity contribution in [2.24, 2.45) is 0 Å². The molecule has 0 radical (unpaired) electrons. The van der Waals surface area contributed by atoms with Crippen LogP contribution in [0, 0.1) is 0 Å². The third-order valence-corrected chi connectivity index (χ3v) is 3.50. The highest BCUT2D eigenvalue weighted by Gasteiger charge is 2.23. The van der Waals surface area contributed by atoms with Gasteiger partial charge in [0, 0.05) is 22.3 Å². The van der Waals surface area contributed by atoms with E-state index in [0.717, 1.165) is 11.1 Å². The first-order valence-electron chi connectivity index (χ1n) is 6.21. The molecule has 3 rings (SSSR count). The number of carbonyl (C=O) groups excluding carboxylic acids is 1. The first-order valence-corrected chi connectivity index (χ1v) is 6.59. The van der Waals surface area contributed by atoms with Crippen molar-refractivity contribution in [3.05, 3.63) is 65.4 Å². The van der Waals surface area contributed by atoms with Crippen molar-refractivity contribution in [3.8, 4) is 11.1 Å². The predicted molar refractivity (Wildman–Crippen MR) is 79.8 cm³/mol. The number of carboxylic acids is 1. The number of aromatic nitrogens is 1. The van der Waals surface area contributed by atoms with Gasteiger partial charge in [-0.1, -0.05) is 29.8 Å². The fraction of sp³-hybridized carbons (Fsp3) is 0. The van der Waals surface area contributed by atoms with E-state index >= 15 is 0 Å². The Kier molecular flexibility index (Phi) is 3.23. The van der Waals surface area contributed by atoms with E-state index in [1.165, 1.54) is 0 Å². The molecular weight excluding hydrogens is 290 g/mol. The minimum atomic E-state index is -1.48. The van der Waals surface area contributed by atoms with Crippen molar-refractivity contribution < 1.29 is 14.7 Å². The summed E-state index contributed by atoms with van der Waals surface area (Å²) < 4.78 is 1.58. The molecule has 0 unspecified atom stereocenters. The Morgan fingerprint density at radius 2 is 1.76 bits per heavy atom. The molecule has 21 heavy (non-hydrogen) atoms. The molecule has 0 bridgehead atoms. The molecule has 2 heterocycles. The van der Waals surface area contributed by atoms with Crippen LogP contribution in [0.15, 0.2) is 54.7 Å². The largest absolute Gasteiger partial charge is 0.475 e. The van der Waals surface area contributed by atoms with Crippen LogP contribution in [-0.4, -0.2) is 21.3 Å². The number of aliphatic carboxylic acids is 1. The molecule has 4 nitrogen and oxygen atoms in total. The third kappa shape index (κ3) is 2.30. The number of carboxylic acid groups (broad SMARTS) is 1. The van der Waals surface area contributed by atoms with Crippen molar-refractivity contribution in [3.63, 3.8) is 0 Å². The molecule has 0 saturated heterocycles. The Morgan fingerprint density at radius 3 is 2.43 bits per heavy atom. The zero-order chi connectivity index (χ0) is 15.0. The number of hydrogen-bond donors (Lipinski definition) is 1. The van der Waals surface area contributed by atoms with Gasteiger partial charge in [0.1, 0.15) is 5.69 Å². The second-order valence-corrected chi connectivity index (χ2v) is 4.98. The Hall–Kier alpha value is -2.59. The Balaban J connectivity index is 2.31. The highest BCUT2D eigenvalue weighted by Crippen LogP contribution is 2.29. The number of carbonyl (C=O) groups is 2. The molecule has 1 N–H and O–H groups in total. The van der Waals surface area contributed by atoms with Gasteiger partial charge in [0.15, 0.2) is 0 Å². The molecule has 0 atom stereocenters. The average Bonchev–Trinajstić information content (AvgIpc) is 2.86. The van der Waals surface area contributed by atoms with E-state index in [1.807, 2.05) is 12.1 Å². The normalized spacial score (nSPS) is 10.7. The number of fused-ring (bicyclic) bond motifs is 1. The van der Waals surface area contributed by atoms with Crippen LogP contribution in [0.25, 0.3) is 16.6 Å². The molecule has 5 heteroatoms. The van der Waals surface area contributed by atoms with E-state index in [1.54, 1.807) is 47.0 Å². The summed E-state index contributed by atoms with van der Waals surface area (Å²) in [7, 11) is 0. The van der Waals surface area contributed by atoms with Gasteiger partial charge in [-0.2, -0.15) is 0 Å². The summed E-state index contributed by atoms with van der Waals surface area (Å²) in [5.74, 6) is -2.42. The van der Waals surface area contributed by atoms with E-state index in [-0.39, 0.29) is 5.69 Å². The number of halogens is 1. The van der Waals surface area contributed by atoms with Gasteiger partial charge >= 0.3 is 5.97 Å². The fourth-order valence-electron chi connectivity index (χ4n) is 2.31. The van der Waals surface area contributed by atoms with E-state index < -0.39 is 11.8 Å². The van der Waals surface area contributed by atoms with Crippen LogP contribution in [0.5, 0.6) is 0 Å². The van der Waals surface area contributed by atoms with Gasteiger partial charge in [-0.3, -0.25) is 4.79 Å². The minimum absolute atomic E-state index is 0.139. The zero-order valence-corrected chi connectivity index (χ0v) is 11.5. The van der Waals surface area contributed by atoms with Crippen molar-refractivity contribution in [2.45, 2.75) is 0 Å². The van der Waals surface area contributed by atoms with Crippen molar-refractivity contribution in [1.82, 2.24) is 4.40 Å². The molecule has 0 fully saturated rings. The maximum Gasteiger partial charge on any atom is 0.378 e. The van der Waals surface area contributed by atoms with Crippen LogP contribution in [0.2, 0.25) is 5.02 Å². The van der Waals surface area contributed by atoms with Gasteiger partial charge in [0.05, 0.1) is 0 Å². The van der Waals surface area contributed by atoms with E-state index in [2.05, 4.69) is 0 Å². The lowest BCUT2D eigenvalue weighted by molar-refractivity contribution is -0.131. The molecule has 104 valence electrons. The number of pyridine rings is 1. The van der Waals surface area contributed by atoms with E-state index in [0.29, 0.717) is 10.6 Å². The molecule has 0 saturated carbocycles. The highest BCUT2D eigenvalue weighted by molar-refractivity contribution is 6.41. The van der Waals surface area contributed by atoms with Gasteiger partial charge in [0.25, 0.3) is 5.78 Å². The van der Waals surface area contributed by atoms with Gasteiger partial charge < -0.3 is 9.51 Å². The summed E-state index contributed by atoms with van der Waals surface area (Å²) in [4.78, 5) is 23.1. The summed E-state index contributed by atoms with van der Waals surface area (Å²) in [5.41, 5.74) is 2.21. The second-order valence-electron chi connectivity index (χ2n) is 4.54. The van der Waals surface area contributed by atoms with Gasteiger partial charge in [-0.25, -0.2) is 4.79 Å². The summed E-state index contributed by atoms with van der Waals surface area (Å²) >= 11 is 5.86. The maximum absolute atomic E-state index is 12.0. The molecular formula is C16H10ClNO3. The smallest absolute Gasteiger partial charge is 0.378 e. The van der Waals surface area contributed by atoms with Crippen molar-refractivity contribution in [2.75, 3.05) is 0 Å². The third-order valence-electron chi connectivity index (χ3n) is 3.24. The molecule has 2 aromatic heterocycles. The average molecular weight is 300 g/mol. The van der Waals surface area contributed by atoms with Crippen LogP contribution >= 0.6 is 11.6 Å². The SMILES string of the molecule is O=C(O)C(=O)c1c(-c2ccc(Cl)cc2)cc2ccccn12. The lowest BCUT2D eigenvalue weighted by atomic mass is 10.0. The second kappa shape index (κ2) is 5.07. The summed E-state index contributed by atoms with van der Waals surface area (Å²) in [6.45, 7) is 0. The molecule has 1 aromatic carbocycles. The topological polar surface area (TPSA) is 58.8 Å². The summed E-state index contributed by atoms with van der Waals surface area (Å²) in [5, 5.41) is 9.62. The zero-order valence-electron chi connectivity index (χ0n) is 10.8. The van der Waals surface area contributed by atoms with Crippen LogP contribution in [-0.2, 0) is 4.79 Å².